The van der Waals surface area contributed by atoms with Gasteiger partial charge in [0.05, 0.1) is 11.4 Å². The molecule has 1 aromatic rings. The molecule has 13 heavy (non-hydrogen) atoms. The Morgan fingerprint density at radius 1 is 1.31 bits per heavy atom. The molecule has 1 rings (SSSR count). The first kappa shape index (κ1) is 9.90. The van der Waals surface area contributed by atoms with E-state index >= 15 is 0 Å². The van der Waals surface area contributed by atoms with Crippen molar-refractivity contribution in [3.05, 3.63) is 23.8 Å². The van der Waals surface area contributed by atoms with Gasteiger partial charge in [0, 0.05) is 13.1 Å². The summed E-state index contributed by atoms with van der Waals surface area (Å²) in [5.74, 6) is 0. The minimum atomic E-state index is 0.477. The summed E-state index contributed by atoms with van der Waals surface area (Å²) in [6.07, 6.45) is 0. The number of nitrogen functional groups attached to an aromatic ring is 1. The highest BCUT2D eigenvalue weighted by Crippen LogP contribution is 2.24. The van der Waals surface area contributed by atoms with Crippen molar-refractivity contribution < 1.29 is 0 Å². The van der Waals surface area contributed by atoms with Crippen molar-refractivity contribution in [2.75, 3.05) is 17.7 Å². The quantitative estimate of drug-likeness (QED) is 0.705. The molecule has 0 saturated heterocycles. The molecule has 0 amide bonds. The van der Waals surface area contributed by atoms with Crippen molar-refractivity contribution in [2.24, 2.45) is 0 Å². The largest absolute Gasteiger partial charge is 0.397 e. The highest BCUT2D eigenvalue weighted by molar-refractivity contribution is 5.68. The third-order valence-electron chi connectivity index (χ3n) is 2.34. The van der Waals surface area contributed by atoms with E-state index in [0.717, 1.165) is 11.4 Å². The molecular weight excluding hydrogens is 160 g/mol. The van der Waals surface area contributed by atoms with E-state index in [-0.39, 0.29) is 0 Å². The van der Waals surface area contributed by atoms with Crippen LogP contribution >= 0.6 is 0 Å². The minimum absolute atomic E-state index is 0.477. The summed E-state index contributed by atoms with van der Waals surface area (Å²) in [4.78, 5) is 2.18. The van der Waals surface area contributed by atoms with Crippen LogP contribution in [-0.4, -0.2) is 13.1 Å². The summed E-state index contributed by atoms with van der Waals surface area (Å²) in [5, 5.41) is 0. The first-order valence-corrected chi connectivity index (χ1v) is 4.61. The smallest absolute Gasteiger partial charge is 0.0599 e. The monoisotopic (exact) mass is 178 g/mol. The van der Waals surface area contributed by atoms with Gasteiger partial charge in [0.1, 0.15) is 0 Å². The number of aryl methyl sites for hydroxylation is 1. The standard InChI is InChI=1S/C11H18N2/c1-8(2)13(4)11-6-5-9(3)7-10(11)12/h5-8H,12H2,1-4H3. The van der Waals surface area contributed by atoms with Crippen LogP contribution in [-0.2, 0) is 0 Å². The zero-order valence-corrected chi connectivity index (χ0v) is 8.83. The Kier molecular flexibility index (Phi) is 2.81. The minimum Gasteiger partial charge on any atom is -0.397 e. The summed E-state index contributed by atoms with van der Waals surface area (Å²) < 4.78 is 0. The molecule has 0 bridgehead atoms. The third kappa shape index (κ3) is 2.14. The second-order valence-corrected chi connectivity index (χ2v) is 3.77. The van der Waals surface area contributed by atoms with Crippen LogP contribution in [0.3, 0.4) is 0 Å². The Hall–Kier alpha value is -1.18. The van der Waals surface area contributed by atoms with E-state index in [2.05, 4.69) is 44.9 Å². The molecule has 1 aromatic carbocycles. The van der Waals surface area contributed by atoms with E-state index < -0.39 is 0 Å². The maximum Gasteiger partial charge on any atom is 0.0599 e. The summed E-state index contributed by atoms with van der Waals surface area (Å²) in [6.45, 7) is 6.36. The van der Waals surface area contributed by atoms with E-state index in [1.807, 2.05) is 6.07 Å². The summed E-state index contributed by atoms with van der Waals surface area (Å²) >= 11 is 0. The van der Waals surface area contributed by atoms with Gasteiger partial charge in [-0.05, 0) is 38.5 Å². The number of rotatable bonds is 2. The van der Waals surface area contributed by atoms with Crippen molar-refractivity contribution >= 4 is 11.4 Å². The second-order valence-electron chi connectivity index (χ2n) is 3.77. The maximum atomic E-state index is 5.92. The number of nitrogens with zero attached hydrogens (tertiary/aromatic N) is 1. The molecule has 2 heteroatoms. The molecule has 2 nitrogen and oxygen atoms in total. The molecule has 0 aliphatic rings. The fourth-order valence-corrected chi connectivity index (χ4v) is 1.27. The van der Waals surface area contributed by atoms with Crippen LogP contribution in [0.2, 0.25) is 0 Å². The normalized spacial score (nSPS) is 10.5. The first-order chi connectivity index (χ1) is 6.02. The summed E-state index contributed by atoms with van der Waals surface area (Å²) in [6, 6.07) is 6.65. The molecule has 0 radical (unpaired) electrons. The molecular formula is C11H18N2. The molecule has 0 unspecified atom stereocenters. The Morgan fingerprint density at radius 2 is 1.92 bits per heavy atom. The number of nitrogens with two attached hydrogens (primary N) is 1. The van der Waals surface area contributed by atoms with Crippen LogP contribution in [0.15, 0.2) is 18.2 Å². The Labute approximate surface area is 80.4 Å². The van der Waals surface area contributed by atoms with Gasteiger partial charge in [0.15, 0.2) is 0 Å². The lowest BCUT2D eigenvalue weighted by Gasteiger charge is -2.25. The number of anilines is 2. The Bertz CT molecular complexity index is 292. The Balaban J connectivity index is 3.01. The fraction of sp³-hybridized carbons (Fsp3) is 0.455. The molecule has 0 saturated carbocycles. The lowest BCUT2D eigenvalue weighted by molar-refractivity contribution is 0.755. The highest BCUT2D eigenvalue weighted by atomic mass is 15.1. The van der Waals surface area contributed by atoms with Gasteiger partial charge in [-0.15, -0.1) is 0 Å². The SMILES string of the molecule is Cc1ccc(N(C)C(C)C)c(N)c1. The molecule has 2 N–H and O–H groups in total. The lowest BCUT2D eigenvalue weighted by Crippen LogP contribution is -2.26. The molecule has 0 heterocycles. The fourth-order valence-electron chi connectivity index (χ4n) is 1.27. The van der Waals surface area contributed by atoms with Crippen LogP contribution in [0.1, 0.15) is 19.4 Å². The second kappa shape index (κ2) is 3.69. The number of hydrogen-bond donors (Lipinski definition) is 1. The average Bonchev–Trinajstić information content (AvgIpc) is 2.03. The van der Waals surface area contributed by atoms with Crippen molar-refractivity contribution in [3.63, 3.8) is 0 Å². The van der Waals surface area contributed by atoms with E-state index in [4.69, 9.17) is 5.73 Å². The Morgan fingerprint density at radius 3 is 2.38 bits per heavy atom. The van der Waals surface area contributed by atoms with Gasteiger partial charge in [-0.2, -0.15) is 0 Å². The topological polar surface area (TPSA) is 29.3 Å². The molecule has 0 aromatic heterocycles. The first-order valence-electron chi connectivity index (χ1n) is 4.61. The van der Waals surface area contributed by atoms with Gasteiger partial charge >= 0.3 is 0 Å². The molecule has 72 valence electrons. The van der Waals surface area contributed by atoms with Crippen molar-refractivity contribution in [2.45, 2.75) is 26.8 Å². The summed E-state index contributed by atoms with van der Waals surface area (Å²) in [7, 11) is 2.06. The van der Waals surface area contributed by atoms with E-state index in [0.29, 0.717) is 6.04 Å². The zero-order valence-electron chi connectivity index (χ0n) is 8.83. The van der Waals surface area contributed by atoms with Crippen LogP contribution in [0.4, 0.5) is 11.4 Å². The zero-order chi connectivity index (χ0) is 10.0. The van der Waals surface area contributed by atoms with Gasteiger partial charge in [0.25, 0.3) is 0 Å². The van der Waals surface area contributed by atoms with E-state index in [9.17, 15) is 0 Å². The molecule has 0 aliphatic heterocycles. The molecule has 0 fully saturated rings. The number of benzene rings is 1. The van der Waals surface area contributed by atoms with Crippen LogP contribution in [0.5, 0.6) is 0 Å². The average molecular weight is 178 g/mol. The van der Waals surface area contributed by atoms with E-state index in [1.54, 1.807) is 0 Å². The highest BCUT2D eigenvalue weighted by Gasteiger charge is 2.07. The van der Waals surface area contributed by atoms with E-state index in [1.165, 1.54) is 5.56 Å². The van der Waals surface area contributed by atoms with Gasteiger partial charge in [0.2, 0.25) is 0 Å². The van der Waals surface area contributed by atoms with Crippen LogP contribution in [0.25, 0.3) is 0 Å². The maximum absolute atomic E-state index is 5.92. The molecule has 0 atom stereocenters. The lowest BCUT2D eigenvalue weighted by atomic mass is 10.1. The van der Waals surface area contributed by atoms with Crippen LogP contribution in [0, 0.1) is 6.92 Å². The molecule has 0 aliphatic carbocycles. The predicted molar refractivity (Wildman–Crippen MR) is 59.1 cm³/mol. The molecule has 0 spiro atoms. The van der Waals surface area contributed by atoms with Crippen molar-refractivity contribution in [1.82, 2.24) is 0 Å². The van der Waals surface area contributed by atoms with Gasteiger partial charge in [-0.1, -0.05) is 6.07 Å². The van der Waals surface area contributed by atoms with Gasteiger partial charge in [-0.3, -0.25) is 0 Å². The van der Waals surface area contributed by atoms with Crippen molar-refractivity contribution in [1.29, 1.82) is 0 Å². The van der Waals surface area contributed by atoms with Gasteiger partial charge < -0.3 is 10.6 Å². The van der Waals surface area contributed by atoms with Gasteiger partial charge in [-0.25, -0.2) is 0 Å². The predicted octanol–water partition coefficient (Wildman–Crippen LogP) is 2.42. The third-order valence-corrected chi connectivity index (χ3v) is 2.34. The van der Waals surface area contributed by atoms with Crippen LogP contribution < -0.4 is 10.6 Å². The number of hydrogen-bond acceptors (Lipinski definition) is 2. The summed E-state index contributed by atoms with van der Waals surface area (Å²) in [5.41, 5.74) is 9.09. The van der Waals surface area contributed by atoms with Crippen molar-refractivity contribution in [3.8, 4) is 0 Å².